The van der Waals surface area contributed by atoms with E-state index in [2.05, 4.69) is 0 Å². The predicted octanol–water partition coefficient (Wildman–Crippen LogP) is -0.907. The van der Waals surface area contributed by atoms with Crippen LogP contribution in [0.3, 0.4) is 0 Å². The van der Waals surface area contributed by atoms with E-state index < -0.39 is 18.3 Å². The molecule has 0 unspecified atom stereocenters. The van der Waals surface area contributed by atoms with Crippen LogP contribution in [0.25, 0.3) is 0 Å². The van der Waals surface area contributed by atoms with Crippen LogP contribution in [0, 0.1) is 0 Å². The number of hydrogen-bond acceptors (Lipinski definition) is 4. The van der Waals surface area contributed by atoms with E-state index in [1.807, 2.05) is 22.6 Å². The Bertz CT molecular complexity index is 119. The van der Waals surface area contributed by atoms with Crippen molar-refractivity contribution in [2.24, 2.45) is 0 Å². The smallest absolute Gasteiger partial charge is 0.122 e. The molecule has 0 fully saturated rings. The number of alkyl halides is 1. The van der Waals surface area contributed by atoms with Gasteiger partial charge in [0.1, 0.15) is 12.4 Å². The van der Waals surface area contributed by atoms with Crippen LogP contribution in [-0.4, -0.2) is 44.3 Å². The maximum atomic E-state index is 9.88. The lowest BCUT2D eigenvalue weighted by atomic mass is 10.1. The molecule has 0 amide bonds. The van der Waals surface area contributed by atoms with Crippen molar-refractivity contribution < 1.29 is 20.1 Å². The van der Waals surface area contributed by atoms with Crippen molar-refractivity contribution in [3.8, 4) is 0 Å². The van der Waals surface area contributed by atoms with Crippen LogP contribution in [0.2, 0.25) is 0 Å². The number of carbonyl (C=O) groups is 1. The highest BCUT2D eigenvalue weighted by Crippen LogP contribution is 2.05. The minimum Gasteiger partial charge on any atom is -0.390 e. The summed E-state index contributed by atoms with van der Waals surface area (Å²) in [5, 5.41) is 27.0. The Morgan fingerprint density at radius 2 is 1.82 bits per heavy atom. The van der Waals surface area contributed by atoms with Gasteiger partial charge in [0.2, 0.25) is 0 Å². The fourth-order valence-electron chi connectivity index (χ4n) is 0.586. The van der Waals surface area contributed by atoms with Crippen molar-refractivity contribution in [1.29, 1.82) is 0 Å². The molecular formula is C6H11IO4. The summed E-state index contributed by atoms with van der Waals surface area (Å²) in [6, 6.07) is 0. The van der Waals surface area contributed by atoms with E-state index in [1.54, 1.807) is 0 Å². The summed E-state index contributed by atoms with van der Waals surface area (Å²) in [5.41, 5.74) is 0. The monoisotopic (exact) mass is 274 g/mol. The molecule has 0 rings (SSSR count). The molecule has 5 heteroatoms. The summed E-state index contributed by atoms with van der Waals surface area (Å²) in [4.78, 5) is 9.88. The minimum absolute atomic E-state index is 0.144. The Morgan fingerprint density at radius 3 is 2.18 bits per heavy atom. The number of aliphatic hydroxyl groups excluding tert-OH is 3. The summed E-state index contributed by atoms with van der Waals surface area (Å²) in [7, 11) is 0. The second kappa shape index (κ2) is 5.87. The molecule has 0 aliphatic heterocycles. The molecule has 0 aromatic heterocycles. The van der Waals surface area contributed by atoms with E-state index in [-0.39, 0.29) is 6.42 Å². The molecule has 0 bridgehead atoms. The fourth-order valence-corrected chi connectivity index (χ4v) is 1.11. The topological polar surface area (TPSA) is 77.8 Å². The van der Waals surface area contributed by atoms with Crippen LogP contribution in [0.15, 0.2) is 0 Å². The lowest BCUT2D eigenvalue weighted by Crippen LogP contribution is -2.38. The number of aliphatic hydroxyl groups is 3. The van der Waals surface area contributed by atoms with Crippen LogP contribution in [0.4, 0.5) is 0 Å². The molecule has 66 valence electrons. The maximum Gasteiger partial charge on any atom is 0.122 e. The van der Waals surface area contributed by atoms with Gasteiger partial charge in [-0.05, 0) is 0 Å². The van der Waals surface area contributed by atoms with Crippen molar-refractivity contribution in [2.45, 2.75) is 24.7 Å². The van der Waals surface area contributed by atoms with Gasteiger partial charge in [0.15, 0.2) is 0 Å². The molecule has 11 heavy (non-hydrogen) atoms. The zero-order valence-corrected chi connectivity index (χ0v) is 8.01. The van der Waals surface area contributed by atoms with Gasteiger partial charge in [0.05, 0.1) is 12.2 Å². The van der Waals surface area contributed by atoms with E-state index in [4.69, 9.17) is 15.3 Å². The summed E-state index contributed by atoms with van der Waals surface area (Å²) < 4.78 is 0.328. The maximum absolute atomic E-state index is 9.88. The Hall–Kier alpha value is 0.280. The van der Waals surface area contributed by atoms with E-state index in [1.165, 1.54) is 0 Å². The van der Waals surface area contributed by atoms with Crippen LogP contribution in [0.1, 0.15) is 6.42 Å². The molecule has 0 aliphatic rings. The molecule has 0 aliphatic carbocycles. The van der Waals surface area contributed by atoms with Gasteiger partial charge in [-0.2, -0.15) is 0 Å². The van der Waals surface area contributed by atoms with Gasteiger partial charge in [-0.15, -0.1) is 0 Å². The molecule has 0 aromatic rings. The molecule has 0 saturated heterocycles. The second-order valence-corrected chi connectivity index (χ2v) is 3.06. The number of halogens is 1. The van der Waals surface area contributed by atoms with E-state index in [0.29, 0.717) is 10.7 Å². The first-order valence-corrected chi connectivity index (χ1v) is 4.69. The molecule has 3 atom stereocenters. The number of rotatable bonds is 5. The first-order valence-electron chi connectivity index (χ1n) is 3.17. The van der Waals surface area contributed by atoms with Gasteiger partial charge >= 0.3 is 0 Å². The van der Waals surface area contributed by atoms with Crippen molar-refractivity contribution >= 4 is 28.9 Å². The average molecular weight is 274 g/mol. The Labute approximate surface area is 78.4 Å². The number of aldehydes is 1. The predicted molar refractivity (Wildman–Crippen MR) is 47.6 cm³/mol. The van der Waals surface area contributed by atoms with Crippen LogP contribution in [-0.2, 0) is 4.79 Å². The SMILES string of the molecule is O=CC[C@@H](O)[C@H](O)[C@H](O)CI. The quantitative estimate of drug-likeness (QED) is 0.345. The second-order valence-electron chi connectivity index (χ2n) is 2.18. The van der Waals surface area contributed by atoms with E-state index in [0.717, 1.165) is 0 Å². The van der Waals surface area contributed by atoms with Crippen molar-refractivity contribution in [1.82, 2.24) is 0 Å². The van der Waals surface area contributed by atoms with Crippen LogP contribution < -0.4 is 0 Å². The molecule has 0 heterocycles. The van der Waals surface area contributed by atoms with Gasteiger partial charge in [0.25, 0.3) is 0 Å². The summed E-state index contributed by atoms with van der Waals surface area (Å²) in [6.45, 7) is 0. The molecule has 0 radical (unpaired) electrons. The third-order valence-electron chi connectivity index (χ3n) is 1.28. The van der Waals surface area contributed by atoms with Crippen molar-refractivity contribution in [2.75, 3.05) is 4.43 Å². The summed E-state index contributed by atoms with van der Waals surface area (Å²) in [5.74, 6) is 0. The Kier molecular flexibility index (Phi) is 6.02. The lowest BCUT2D eigenvalue weighted by molar-refractivity contribution is -0.113. The standard InChI is InChI=1S/C6H11IO4/c7-3-5(10)6(11)4(9)1-2-8/h2,4-6,9-11H,1,3H2/t4-,5-,6+/m1/s1. The first kappa shape index (κ1) is 11.3. The third kappa shape index (κ3) is 4.00. The van der Waals surface area contributed by atoms with Gasteiger partial charge in [0, 0.05) is 10.8 Å². The van der Waals surface area contributed by atoms with Crippen LogP contribution >= 0.6 is 22.6 Å². The molecule has 0 saturated carbocycles. The number of hydrogen-bond donors (Lipinski definition) is 3. The zero-order valence-electron chi connectivity index (χ0n) is 5.85. The molecule has 0 spiro atoms. The highest BCUT2D eigenvalue weighted by atomic mass is 127. The third-order valence-corrected chi connectivity index (χ3v) is 2.19. The van der Waals surface area contributed by atoms with E-state index in [9.17, 15) is 4.79 Å². The minimum atomic E-state index is -1.22. The highest BCUT2D eigenvalue weighted by molar-refractivity contribution is 14.1. The van der Waals surface area contributed by atoms with Gasteiger partial charge < -0.3 is 20.1 Å². The van der Waals surface area contributed by atoms with E-state index >= 15 is 0 Å². The Balaban J connectivity index is 3.79. The molecule has 3 N–H and O–H groups in total. The number of carbonyl (C=O) groups excluding carboxylic acids is 1. The molecule has 0 aromatic carbocycles. The first-order chi connectivity index (χ1) is 5.13. The molecular weight excluding hydrogens is 263 g/mol. The molecule has 4 nitrogen and oxygen atoms in total. The summed E-state index contributed by atoms with van der Waals surface area (Å²) in [6.07, 6.45) is -2.98. The largest absolute Gasteiger partial charge is 0.390 e. The van der Waals surface area contributed by atoms with Gasteiger partial charge in [-0.25, -0.2) is 0 Å². The average Bonchev–Trinajstić information content (AvgIpc) is 2.02. The summed E-state index contributed by atoms with van der Waals surface area (Å²) >= 11 is 1.88. The van der Waals surface area contributed by atoms with Gasteiger partial charge in [-0.1, -0.05) is 22.6 Å². The van der Waals surface area contributed by atoms with Crippen molar-refractivity contribution in [3.05, 3.63) is 0 Å². The lowest BCUT2D eigenvalue weighted by Gasteiger charge is -2.19. The normalized spacial score (nSPS) is 18.9. The zero-order chi connectivity index (χ0) is 8.85. The van der Waals surface area contributed by atoms with Gasteiger partial charge in [-0.3, -0.25) is 0 Å². The highest BCUT2D eigenvalue weighted by Gasteiger charge is 2.22. The Morgan fingerprint density at radius 1 is 1.27 bits per heavy atom. The van der Waals surface area contributed by atoms with Crippen molar-refractivity contribution in [3.63, 3.8) is 0 Å². The van der Waals surface area contributed by atoms with Crippen LogP contribution in [0.5, 0.6) is 0 Å². The fraction of sp³-hybridized carbons (Fsp3) is 0.833.